The van der Waals surface area contributed by atoms with E-state index < -0.39 is 23.8 Å². The Hall–Kier alpha value is -2.39. The van der Waals surface area contributed by atoms with Crippen molar-refractivity contribution >= 4 is 56.8 Å². The number of fused-ring (bicyclic) bond motifs is 3. The normalized spacial score (nSPS) is 25.3. The van der Waals surface area contributed by atoms with E-state index in [9.17, 15) is 19.5 Å². The predicted octanol–water partition coefficient (Wildman–Crippen LogP) is 3.32. The largest absolute Gasteiger partial charge is 0.481 e. The van der Waals surface area contributed by atoms with Crippen molar-refractivity contribution in [1.82, 2.24) is 4.98 Å². The third-order valence-corrected chi connectivity index (χ3v) is 7.39. The highest BCUT2D eigenvalue weighted by molar-refractivity contribution is 8.01. The number of thiazole rings is 1. The van der Waals surface area contributed by atoms with Crippen LogP contribution in [0.2, 0.25) is 0 Å². The van der Waals surface area contributed by atoms with E-state index in [0.29, 0.717) is 11.4 Å². The van der Waals surface area contributed by atoms with Gasteiger partial charge in [-0.25, -0.2) is 4.98 Å². The summed E-state index contributed by atoms with van der Waals surface area (Å²) in [6, 6.07) is 5.38. The summed E-state index contributed by atoms with van der Waals surface area (Å²) in [5, 5.41) is 21.1. The summed E-state index contributed by atoms with van der Waals surface area (Å²) in [6.07, 6.45) is 4.67. The second-order valence-corrected chi connectivity index (χ2v) is 9.35. The smallest absolute Gasteiger partial charge is 0.307 e. The predicted molar refractivity (Wildman–Crippen MR) is 107 cm³/mol. The minimum absolute atomic E-state index is 0.0181. The molecule has 9 heteroatoms. The number of anilines is 1. The highest BCUT2D eigenvalue weighted by Gasteiger charge is 2.51. The van der Waals surface area contributed by atoms with Gasteiger partial charge in [-0.2, -0.15) is 0 Å². The maximum Gasteiger partial charge on any atom is 0.307 e. The van der Waals surface area contributed by atoms with Crippen LogP contribution in [0.3, 0.4) is 0 Å². The molecule has 1 fully saturated rings. The lowest BCUT2D eigenvalue weighted by atomic mass is 9.82. The van der Waals surface area contributed by atoms with Crippen molar-refractivity contribution in [3.05, 3.63) is 30.4 Å². The molecule has 0 radical (unpaired) electrons. The molecule has 0 spiro atoms. The molecule has 4 rings (SSSR count). The topological polar surface area (TPSA) is 117 Å². The van der Waals surface area contributed by atoms with Crippen molar-refractivity contribution in [3.63, 3.8) is 0 Å². The van der Waals surface area contributed by atoms with E-state index in [1.54, 1.807) is 12.1 Å². The number of carbonyl (C=O) groups excluding carboxylic acids is 1. The van der Waals surface area contributed by atoms with E-state index in [2.05, 4.69) is 10.3 Å². The molecule has 4 atom stereocenters. The van der Waals surface area contributed by atoms with Crippen LogP contribution in [0.5, 0.6) is 0 Å². The molecule has 1 heterocycles. The summed E-state index contributed by atoms with van der Waals surface area (Å²) in [4.78, 5) is 39.5. The van der Waals surface area contributed by atoms with Gasteiger partial charge < -0.3 is 15.5 Å². The highest BCUT2D eigenvalue weighted by atomic mass is 32.2. The summed E-state index contributed by atoms with van der Waals surface area (Å²) in [7, 11) is 0. The van der Waals surface area contributed by atoms with E-state index in [1.165, 1.54) is 23.1 Å². The molecule has 0 aliphatic heterocycles. The number of nitrogens with zero attached hydrogens (tertiary/aromatic N) is 1. The molecule has 1 saturated carbocycles. The van der Waals surface area contributed by atoms with Gasteiger partial charge >= 0.3 is 11.9 Å². The van der Waals surface area contributed by atoms with Gasteiger partial charge in [-0.05, 0) is 36.5 Å². The van der Waals surface area contributed by atoms with Crippen molar-refractivity contribution < 1.29 is 24.6 Å². The Labute approximate surface area is 168 Å². The minimum Gasteiger partial charge on any atom is -0.481 e. The van der Waals surface area contributed by atoms with Crippen molar-refractivity contribution in [2.24, 2.45) is 23.7 Å². The summed E-state index contributed by atoms with van der Waals surface area (Å²) in [6.45, 7) is 0. The van der Waals surface area contributed by atoms with Crippen molar-refractivity contribution in [2.75, 3.05) is 11.1 Å². The Balaban J connectivity index is 1.47. The molecule has 1 aromatic heterocycles. The average Bonchev–Trinajstić information content (AvgIpc) is 3.34. The van der Waals surface area contributed by atoms with Crippen LogP contribution in [-0.2, 0) is 14.4 Å². The van der Waals surface area contributed by atoms with E-state index in [4.69, 9.17) is 5.11 Å². The number of benzene rings is 1. The van der Waals surface area contributed by atoms with Crippen molar-refractivity contribution in [2.45, 2.75) is 17.2 Å². The van der Waals surface area contributed by atoms with Gasteiger partial charge in [0.15, 0.2) is 4.34 Å². The molecule has 2 bridgehead atoms. The number of thioether (sulfide) groups is 1. The maximum atomic E-state index is 12.8. The van der Waals surface area contributed by atoms with E-state index in [0.717, 1.165) is 21.0 Å². The maximum absolute atomic E-state index is 12.8. The van der Waals surface area contributed by atoms with Gasteiger partial charge in [0, 0.05) is 11.4 Å². The van der Waals surface area contributed by atoms with Gasteiger partial charge in [-0.1, -0.05) is 23.9 Å². The fraction of sp³-hybridized carbons (Fsp3) is 0.368. The number of aliphatic carboxylic acids is 2. The van der Waals surface area contributed by atoms with Crippen LogP contribution in [0, 0.1) is 23.7 Å². The molecule has 2 aromatic rings. The van der Waals surface area contributed by atoms with E-state index >= 15 is 0 Å². The van der Waals surface area contributed by atoms with Crippen molar-refractivity contribution in [1.29, 1.82) is 0 Å². The quantitative estimate of drug-likeness (QED) is 0.466. The SMILES string of the molecule is O=C(O)CCSc1nc2ccc(NC(=O)[C@H]3[C@H](C(=O)O)[C@H]4C=C[C@H]3C4)cc2s1. The van der Waals surface area contributed by atoms with Gasteiger partial charge in [0.1, 0.15) is 0 Å². The number of amides is 1. The zero-order chi connectivity index (χ0) is 19.8. The summed E-state index contributed by atoms with van der Waals surface area (Å²) < 4.78 is 1.67. The second kappa shape index (κ2) is 7.56. The lowest BCUT2D eigenvalue weighted by Crippen LogP contribution is -2.36. The summed E-state index contributed by atoms with van der Waals surface area (Å²) in [5.74, 6) is -2.86. The van der Waals surface area contributed by atoms with Crippen LogP contribution in [0.15, 0.2) is 34.7 Å². The van der Waals surface area contributed by atoms with Gasteiger partial charge in [-0.15, -0.1) is 11.3 Å². The van der Waals surface area contributed by atoms with Gasteiger partial charge in [0.05, 0.1) is 28.5 Å². The Bertz CT molecular complexity index is 986. The van der Waals surface area contributed by atoms with Crippen LogP contribution in [0.1, 0.15) is 12.8 Å². The molecule has 3 N–H and O–H groups in total. The first-order valence-electron chi connectivity index (χ1n) is 8.89. The number of carbonyl (C=O) groups is 3. The Morgan fingerprint density at radius 1 is 1.18 bits per heavy atom. The zero-order valence-electron chi connectivity index (χ0n) is 14.7. The molecule has 1 aromatic carbocycles. The summed E-state index contributed by atoms with van der Waals surface area (Å²) in [5.41, 5.74) is 1.39. The number of carboxylic acids is 2. The van der Waals surface area contributed by atoms with Gasteiger partial charge in [0.2, 0.25) is 5.91 Å². The Kier molecular flexibility index (Phi) is 5.11. The number of carboxylic acid groups (broad SMARTS) is 2. The molecule has 0 saturated heterocycles. The minimum atomic E-state index is -0.919. The van der Waals surface area contributed by atoms with Crippen LogP contribution in [-0.4, -0.2) is 38.8 Å². The molecule has 1 amide bonds. The molecular formula is C19H18N2O5S2. The zero-order valence-corrected chi connectivity index (χ0v) is 16.3. The molecule has 146 valence electrons. The number of aromatic nitrogens is 1. The van der Waals surface area contributed by atoms with Crippen molar-refractivity contribution in [3.8, 4) is 0 Å². The Morgan fingerprint density at radius 3 is 2.64 bits per heavy atom. The monoisotopic (exact) mass is 418 g/mol. The number of hydrogen-bond acceptors (Lipinski definition) is 6. The summed E-state index contributed by atoms with van der Waals surface area (Å²) >= 11 is 2.83. The average molecular weight is 418 g/mol. The Morgan fingerprint density at radius 2 is 1.93 bits per heavy atom. The third-order valence-electron chi connectivity index (χ3n) is 5.22. The number of allylic oxidation sites excluding steroid dienone is 2. The molecule has 0 unspecified atom stereocenters. The molecule has 2 aliphatic rings. The molecule has 28 heavy (non-hydrogen) atoms. The van der Waals surface area contributed by atoms with Crippen LogP contribution in [0.25, 0.3) is 10.2 Å². The number of nitrogens with one attached hydrogen (secondary N) is 1. The lowest BCUT2D eigenvalue weighted by Gasteiger charge is -2.23. The fourth-order valence-electron chi connectivity index (χ4n) is 4.01. The van der Waals surface area contributed by atoms with Gasteiger partial charge in [-0.3, -0.25) is 14.4 Å². The van der Waals surface area contributed by atoms with Crippen LogP contribution >= 0.6 is 23.1 Å². The standard InChI is InChI=1S/C19H18N2O5S2/c22-14(23)5-6-27-19-21-12-4-3-11(8-13(12)28-19)20-17(24)15-9-1-2-10(7-9)16(15)18(25)26/h1-4,8-10,15-16H,5-7H2,(H,20,24)(H,22,23)(H,25,26)/t9-,10-,15+,16+/m0/s1. The molecular weight excluding hydrogens is 400 g/mol. The van der Waals surface area contributed by atoms with E-state index in [1.807, 2.05) is 18.2 Å². The van der Waals surface area contributed by atoms with Crippen LogP contribution in [0.4, 0.5) is 5.69 Å². The fourth-order valence-corrected chi connectivity index (χ4v) is 6.12. The highest BCUT2D eigenvalue weighted by Crippen LogP contribution is 2.48. The number of hydrogen-bond donors (Lipinski definition) is 3. The first-order chi connectivity index (χ1) is 13.4. The first-order valence-corrected chi connectivity index (χ1v) is 10.7. The van der Waals surface area contributed by atoms with Crippen LogP contribution < -0.4 is 5.32 Å². The van der Waals surface area contributed by atoms with Gasteiger partial charge in [0.25, 0.3) is 0 Å². The second-order valence-electron chi connectivity index (χ2n) is 6.98. The molecule has 2 aliphatic carbocycles. The molecule has 7 nitrogen and oxygen atoms in total. The number of rotatable bonds is 7. The third kappa shape index (κ3) is 3.64. The first kappa shape index (κ1) is 18.9. The lowest BCUT2D eigenvalue weighted by molar-refractivity contribution is -0.146. The van der Waals surface area contributed by atoms with E-state index in [-0.39, 0.29) is 24.2 Å².